The molecule has 2 atom stereocenters. The van der Waals surface area contributed by atoms with Crippen LogP contribution in [0.1, 0.15) is 31.2 Å². The zero-order valence-electron chi connectivity index (χ0n) is 11.5. The summed E-state index contributed by atoms with van der Waals surface area (Å²) in [5.74, 6) is 0.319. The third-order valence-corrected chi connectivity index (χ3v) is 4.33. The van der Waals surface area contributed by atoms with Crippen LogP contribution in [0, 0.1) is 0 Å². The number of hydrogen-bond acceptors (Lipinski definition) is 3. The molecule has 2 aliphatic rings. The van der Waals surface area contributed by atoms with Crippen molar-refractivity contribution in [2.45, 2.75) is 44.2 Å². The molecule has 19 heavy (non-hydrogen) atoms. The molecule has 2 saturated heterocycles. The molecule has 104 valence electrons. The Hall–Kier alpha value is -1.36. The van der Waals surface area contributed by atoms with E-state index in [0.29, 0.717) is 24.4 Å². The second-order valence-corrected chi connectivity index (χ2v) is 5.70. The Balaban J connectivity index is 1.60. The third kappa shape index (κ3) is 2.66. The van der Waals surface area contributed by atoms with Gasteiger partial charge in [0, 0.05) is 38.3 Å². The molecule has 2 bridgehead atoms. The largest absolute Gasteiger partial charge is 0.335 e. The predicted octanol–water partition coefficient (Wildman–Crippen LogP) is 0.706. The highest BCUT2D eigenvalue weighted by atomic mass is 16.2. The fourth-order valence-corrected chi connectivity index (χ4v) is 3.37. The van der Waals surface area contributed by atoms with E-state index in [2.05, 4.69) is 15.3 Å². The molecule has 0 aliphatic carbocycles. The van der Waals surface area contributed by atoms with Crippen molar-refractivity contribution in [2.24, 2.45) is 7.05 Å². The number of carbonyl (C=O) groups excluding carboxylic acids is 1. The maximum Gasteiger partial charge on any atom is 0.223 e. The molecule has 1 amide bonds. The van der Waals surface area contributed by atoms with Crippen molar-refractivity contribution in [3.63, 3.8) is 0 Å². The molecular weight excluding hydrogens is 240 g/mol. The molecule has 3 heterocycles. The van der Waals surface area contributed by atoms with Gasteiger partial charge in [0.25, 0.3) is 0 Å². The average Bonchev–Trinajstić information content (AvgIpc) is 2.89. The Morgan fingerprint density at radius 2 is 2.26 bits per heavy atom. The minimum absolute atomic E-state index is 0.319. The van der Waals surface area contributed by atoms with Crippen LogP contribution in [0.25, 0.3) is 0 Å². The maximum absolute atomic E-state index is 12.5. The lowest BCUT2D eigenvalue weighted by Gasteiger charge is -2.27. The number of amides is 1. The van der Waals surface area contributed by atoms with Gasteiger partial charge in [0.15, 0.2) is 0 Å². The van der Waals surface area contributed by atoms with Crippen LogP contribution in [0.3, 0.4) is 0 Å². The molecule has 3 rings (SSSR count). The molecular formula is C14H22N4O. The van der Waals surface area contributed by atoms with Crippen LogP contribution in [0.5, 0.6) is 0 Å². The van der Waals surface area contributed by atoms with Crippen molar-refractivity contribution >= 4 is 5.91 Å². The van der Waals surface area contributed by atoms with Crippen molar-refractivity contribution in [1.82, 2.24) is 20.0 Å². The second-order valence-electron chi connectivity index (χ2n) is 5.70. The van der Waals surface area contributed by atoms with Gasteiger partial charge in [-0.05, 0) is 37.8 Å². The zero-order valence-corrected chi connectivity index (χ0v) is 11.5. The molecule has 1 N–H and O–H groups in total. The summed E-state index contributed by atoms with van der Waals surface area (Å²) in [6.45, 7) is 2.02. The first-order chi connectivity index (χ1) is 9.24. The monoisotopic (exact) mass is 262 g/mol. The maximum atomic E-state index is 12.5. The highest BCUT2D eigenvalue weighted by molar-refractivity contribution is 5.77. The summed E-state index contributed by atoms with van der Waals surface area (Å²) in [5.41, 5.74) is 1.15. The van der Waals surface area contributed by atoms with E-state index in [1.165, 1.54) is 6.42 Å². The van der Waals surface area contributed by atoms with Crippen LogP contribution in [0.2, 0.25) is 0 Å². The number of carbonyl (C=O) groups is 1. The number of nitrogens with one attached hydrogen (secondary N) is 1. The summed E-state index contributed by atoms with van der Waals surface area (Å²) in [7, 11) is 1.91. The summed E-state index contributed by atoms with van der Waals surface area (Å²) >= 11 is 0. The molecule has 5 nitrogen and oxygen atoms in total. The van der Waals surface area contributed by atoms with Crippen LogP contribution in [0.4, 0.5) is 0 Å². The Labute approximate surface area is 114 Å². The van der Waals surface area contributed by atoms with Gasteiger partial charge >= 0.3 is 0 Å². The molecule has 1 aromatic heterocycles. The molecule has 2 aliphatic heterocycles. The first kappa shape index (κ1) is 12.7. The van der Waals surface area contributed by atoms with Crippen molar-refractivity contribution < 1.29 is 4.79 Å². The zero-order chi connectivity index (χ0) is 13.2. The van der Waals surface area contributed by atoms with Crippen LogP contribution in [-0.2, 0) is 18.3 Å². The van der Waals surface area contributed by atoms with E-state index in [4.69, 9.17) is 0 Å². The molecule has 0 spiro atoms. The van der Waals surface area contributed by atoms with Gasteiger partial charge in [-0.2, -0.15) is 5.10 Å². The summed E-state index contributed by atoms with van der Waals surface area (Å²) in [4.78, 5) is 14.6. The average molecular weight is 262 g/mol. The van der Waals surface area contributed by atoms with Crippen LogP contribution in [0.15, 0.2) is 12.4 Å². The van der Waals surface area contributed by atoms with Gasteiger partial charge in [-0.25, -0.2) is 0 Å². The van der Waals surface area contributed by atoms with E-state index in [9.17, 15) is 4.79 Å². The second kappa shape index (κ2) is 5.33. The van der Waals surface area contributed by atoms with Crippen molar-refractivity contribution in [3.05, 3.63) is 18.0 Å². The van der Waals surface area contributed by atoms with Crippen molar-refractivity contribution in [3.8, 4) is 0 Å². The van der Waals surface area contributed by atoms with Crippen LogP contribution < -0.4 is 5.32 Å². The number of aromatic nitrogens is 2. The first-order valence-corrected chi connectivity index (χ1v) is 7.23. The van der Waals surface area contributed by atoms with E-state index in [1.807, 2.05) is 19.4 Å². The molecule has 5 heteroatoms. The highest BCUT2D eigenvalue weighted by Crippen LogP contribution is 2.28. The van der Waals surface area contributed by atoms with E-state index >= 15 is 0 Å². The SMILES string of the molecule is Cn1cc(CCC(=O)N2C3CCNCC2CC3)cn1. The van der Waals surface area contributed by atoms with E-state index in [-0.39, 0.29) is 0 Å². The van der Waals surface area contributed by atoms with E-state index < -0.39 is 0 Å². The molecule has 0 radical (unpaired) electrons. The summed E-state index contributed by atoms with van der Waals surface area (Å²) in [6.07, 6.45) is 8.71. The summed E-state index contributed by atoms with van der Waals surface area (Å²) < 4.78 is 1.79. The molecule has 0 aromatic carbocycles. The normalized spacial score (nSPS) is 26.5. The van der Waals surface area contributed by atoms with Gasteiger partial charge in [-0.1, -0.05) is 0 Å². The number of aryl methyl sites for hydroxylation is 2. The smallest absolute Gasteiger partial charge is 0.223 e. The van der Waals surface area contributed by atoms with E-state index in [1.54, 1.807) is 4.68 Å². The Morgan fingerprint density at radius 3 is 3.05 bits per heavy atom. The summed E-state index contributed by atoms with van der Waals surface area (Å²) in [6, 6.07) is 0.898. The van der Waals surface area contributed by atoms with Crippen molar-refractivity contribution in [2.75, 3.05) is 13.1 Å². The lowest BCUT2D eigenvalue weighted by molar-refractivity contribution is -0.133. The quantitative estimate of drug-likeness (QED) is 0.872. The number of nitrogens with zero attached hydrogens (tertiary/aromatic N) is 3. The fraction of sp³-hybridized carbons (Fsp3) is 0.714. The third-order valence-electron chi connectivity index (χ3n) is 4.33. The first-order valence-electron chi connectivity index (χ1n) is 7.23. The van der Waals surface area contributed by atoms with Gasteiger partial charge in [-0.3, -0.25) is 9.48 Å². The number of rotatable bonds is 3. The predicted molar refractivity (Wildman–Crippen MR) is 72.7 cm³/mol. The van der Waals surface area contributed by atoms with Gasteiger partial charge in [-0.15, -0.1) is 0 Å². The molecule has 2 fully saturated rings. The Morgan fingerprint density at radius 1 is 1.42 bits per heavy atom. The Kier molecular flexibility index (Phi) is 3.55. The Bertz CT molecular complexity index is 442. The van der Waals surface area contributed by atoms with Gasteiger partial charge in [0.2, 0.25) is 5.91 Å². The van der Waals surface area contributed by atoms with E-state index in [0.717, 1.165) is 37.9 Å². The molecule has 2 unspecified atom stereocenters. The van der Waals surface area contributed by atoms with Gasteiger partial charge in [0.1, 0.15) is 0 Å². The minimum atomic E-state index is 0.319. The topological polar surface area (TPSA) is 50.2 Å². The van der Waals surface area contributed by atoms with Gasteiger partial charge < -0.3 is 10.2 Å². The van der Waals surface area contributed by atoms with Crippen LogP contribution >= 0.6 is 0 Å². The lowest BCUT2D eigenvalue weighted by atomic mass is 10.1. The molecule has 1 aromatic rings. The highest BCUT2D eigenvalue weighted by Gasteiger charge is 2.37. The fourth-order valence-electron chi connectivity index (χ4n) is 3.37. The number of fused-ring (bicyclic) bond motifs is 2. The minimum Gasteiger partial charge on any atom is -0.335 e. The van der Waals surface area contributed by atoms with Crippen LogP contribution in [-0.4, -0.2) is 45.8 Å². The standard InChI is InChI=1S/C14H22N4O/c1-17-10-11(8-16-17)2-5-14(19)18-12-3-4-13(18)9-15-7-6-12/h8,10,12-13,15H,2-7,9H2,1H3. The van der Waals surface area contributed by atoms with Crippen molar-refractivity contribution in [1.29, 1.82) is 0 Å². The molecule has 0 saturated carbocycles. The van der Waals surface area contributed by atoms with Gasteiger partial charge in [0.05, 0.1) is 6.20 Å². The lowest BCUT2D eigenvalue weighted by Crippen LogP contribution is -2.42. The number of hydrogen-bond donors (Lipinski definition) is 1. The summed E-state index contributed by atoms with van der Waals surface area (Å²) in [5, 5.41) is 7.58.